The van der Waals surface area contributed by atoms with Gasteiger partial charge in [0, 0.05) is 24.5 Å². The highest BCUT2D eigenvalue weighted by Crippen LogP contribution is 2.18. The monoisotopic (exact) mass is 426 g/mol. The Morgan fingerprint density at radius 3 is 2.43 bits per heavy atom. The minimum atomic E-state index is -0.229. The van der Waals surface area contributed by atoms with Gasteiger partial charge in [-0.15, -0.1) is 16.4 Å². The van der Waals surface area contributed by atoms with E-state index < -0.39 is 0 Å². The molecule has 0 fully saturated rings. The Bertz CT molecular complexity index is 980. The van der Waals surface area contributed by atoms with E-state index in [1.54, 1.807) is 21.5 Å². The Morgan fingerprint density at radius 1 is 1.07 bits per heavy atom. The molecule has 9 heteroatoms. The number of aromatic nitrogens is 4. The summed E-state index contributed by atoms with van der Waals surface area (Å²) in [5, 5.41) is 8.03. The fourth-order valence-electron chi connectivity index (χ4n) is 3.11. The quantitative estimate of drug-likeness (QED) is 0.525. The van der Waals surface area contributed by atoms with Gasteiger partial charge in [-0.2, -0.15) is 0 Å². The second kappa shape index (κ2) is 10.1. The molecule has 158 valence electrons. The van der Waals surface area contributed by atoms with Crippen LogP contribution in [0.1, 0.15) is 40.5 Å². The molecule has 0 bridgehead atoms. The molecule has 0 spiro atoms. The fraction of sp³-hybridized carbons (Fsp3) is 0.381. The first-order chi connectivity index (χ1) is 14.5. The first kappa shape index (κ1) is 21.6. The van der Waals surface area contributed by atoms with E-state index in [-0.39, 0.29) is 24.1 Å². The summed E-state index contributed by atoms with van der Waals surface area (Å²) in [7, 11) is 0. The number of hydrogen-bond acceptors (Lipinski definition) is 6. The summed E-state index contributed by atoms with van der Waals surface area (Å²) in [4.78, 5) is 34.3. The summed E-state index contributed by atoms with van der Waals surface area (Å²) >= 11 is 1.53. The van der Waals surface area contributed by atoms with E-state index in [1.165, 1.54) is 16.0 Å². The predicted octanol–water partition coefficient (Wildman–Crippen LogP) is 2.75. The lowest BCUT2D eigenvalue weighted by atomic mass is 10.2. The van der Waals surface area contributed by atoms with Crippen molar-refractivity contribution in [2.75, 3.05) is 13.1 Å². The molecule has 2 aromatic heterocycles. The topological polar surface area (TPSA) is 84.2 Å². The van der Waals surface area contributed by atoms with Crippen LogP contribution in [-0.2, 0) is 24.4 Å². The van der Waals surface area contributed by atoms with Gasteiger partial charge in [0.25, 0.3) is 5.91 Å². The van der Waals surface area contributed by atoms with E-state index >= 15 is 0 Å². The van der Waals surface area contributed by atoms with Gasteiger partial charge in [-0.3, -0.25) is 9.59 Å². The fourth-order valence-corrected chi connectivity index (χ4v) is 3.90. The van der Waals surface area contributed by atoms with Crippen LogP contribution in [0.25, 0.3) is 0 Å². The molecule has 8 nitrogen and oxygen atoms in total. The van der Waals surface area contributed by atoms with E-state index in [0.717, 1.165) is 16.1 Å². The average Bonchev–Trinajstić information content (AvgIpc) is 3.38. The van der Waals surface area contributed by atoms with Crippen LogP contribution in [-0.4, -0.2) is 54.7 Å². The third-order valence-corrected chi connectivity index (χ3v) is 5.77. The number of hydrogen-bond donors (Lipinski definition) is 0. The molecule has 3 aromatic rings. The second-order valence-corrected chi connectivity index (χ2v) is 7.81. The summed E-state index contributed by atoms with van der Waals surface area (Å²) in [6.45, 7) is 8.02. The smallest absolute Gasteiger partial charge is 0.276 e. The van der Waals surface area contributed by atoms with Crippen LogP contribution in [0.2, 0.25) is 0 Å². The van der Waals surface area contributed by atoms with Crippen LogP contribution in [0.5, 0.6) is 0 Å². The number of carbonyl (C=O) groups is 2. The Hall–Kier alpha value is -3.07. The molecular formula is C21H26N6O2S. The van der Waals surface area contributed by atoms with Crippen molar-refractivity contribution in [2.24, 2.45) is 0 Å². The third kappa shape index (κ3) is 5.29. The van der Waals surface area contributed by atoms with Gasteiger partial charge in [0.2, 0.25) is 5.91 Å². The zero-order valence-corrected chi connectivity index (χ0v) is 18.3. The van der Waals surface area contributed by atoms with Crippen LogP contribution < -0.4 is 0 Å². The van der Waals surface area contributed by atoms with Gasteiger partial charge in [0.1, 0.15) is 6.54 Å². The van der Waals surface area contributed by atoms with Gasteiger partial charge in [-0.05, 0) is 26.3 Å². The number of rotatable bonds is 9. The molecule has 0 aliphatic heterocycles. The molecule has 0 saturated heterocycles. The Kier molecular flexibility index (Phi) is 7.29. The lowest BCUT2D eigenvalue weighted by molar-refractivity contribution is -0.131. The zero-order chi connectivity index (χ0) is 21.5. The van der Waals surface area contributed by atoms with Gasteiger partial charge in [0.05, 0.1) is 23.9 Å². The Labute approximate surface area is 180 Å². The van der Waals surface area contributed by atoms with Gasteiger partial charge < -0.3 is 9.80 Å². The van der Waals surface area contributed by atoms with Gasteiger partial charge in [0.15, 0.2) is 5.69 Å². The number of thiazole rings is 1. The molecule has 0 N–H and O–H groups in total. The second-order valence-electron chi connectivity index (χ2n) is 6.88. The summed E-state index contributed by atoms with van der Waals surface area (Å²) in [6.07, 6.45) is 1.54. The number of amides is 2. The highest BCUT2D eigenvalue weighted by atomic mass is 32.1. The molecule has 0 atom stereocenters. The van der Waals surface area contributed by atoms with Gasteiger partial charge >= 0.3 is 0 Å². The van der Waals surface area contributed by atoms with E-state index in [4.69, 9.17) is 0 Å². The van der Waals surface area contributed by atoms with Crippen molar-refractivity contribution in [3.05, 3.63) is 63.9 Å². The minimum Gasteiger partial charge on any atom is -0.342 e. The number of aryl methyl sites for hydroxylation is 1. The molecule has 0 saturated carbocycles. The maximum atomic E-state index is 13.2. The van der Waals surface area contributed by atoms with Crippen LogP contribution in [0.3, 0.4) is 0 Å². The molecule has 30 heavy (non-hydrogen) atoms. The molecule has 2 amide bonds. The van der Waals surface area contributed by atoms with Crippen molar-refractivity contribution in [1.82, 2.24) is 29.8 Å². The highest BCUT2D eigenvalue weighted by Gasteiger charge is 2.22. The summed E-state index contributed by atoms with van der Waals surface area (Å²) in [5.74, 6) is -0.279. The van der Waals surface area contributed by atoms with Crippen LogP contribution in [0.4, 0.5) is 0 Å². The summed E-state index contributed by atoms with van der Waals surface area (Å²) in [6, 6.07) is 9.82. The molecule has 0 unspecified atom stereocenters. The van der Waals surface area contributed by atoms with Crippen molar-refractivity contribution in [2.45, 2.75) is 40.4 Å². The van der Waals surface area contributed by atoms with Crippen molar-refractivity contribution >= 4 is 23.2 Å². The van der Waals surface area contributed by atoms with E-state index in [9.17, 15) is 9.59 Å². The molecule has 0 aliphatic carbocycles. The van der Waals surface area contributed by atoms with Gasteiger partial charge in [-0.1, -0.05) is 35.5 Å². The number of benzene rings is 1. The van der Waals surface area contributed by atoms with E-state index in [2.05, 4.69) is 15.3 Å². The largest absolute Gasteiger partial charge is 0.342 e. The number of nitrogens with zero attached hydrogens (tertiary/aromatic N) is 6. The Balaban J connectivity index is 1.78. The van der Waals surface area contributed by atoms with Crippen molar-refractivity contribution in [1.29, 1.82) is 0 Å². The van der Waals surface area contributed by atoms with E-state index in [1.807, 2.05) is 51.1 Å². The van der Waals surface area contributed by atoms with E-state index in [0.29, 0.717) is 26.2 Å². The predicted molar refractivity (Wildman–Crippen MR) is 115 cm³/mol. The maximum Gasteiger partial charge on any atom is 0.276 e. The van der Waals surface area contributed by atoms with Crippen molar-refractivity contribution in [3.8, 4) is 0 Å². The zero-order valence-electron chi connectivity index (χ0n) is 17.5. The molecule has 0 aliphatic rings. The molecule has 3 rings (SSSR count). The third-order valence-electron chi connectivity index (χ3n) is 4.85. The molecule has 0 radical (unpaired) electrons. The SMILES string of the molecule is CCN(CC)C(=O)Cn1cc(C(=O)N(Cc2ccccc2)Cc2scnc2C)nn1. The molecule has 2 heterocycles. The first-order valence-corrected chi connectivity index (χ1v) is 10.8. The highest BCUT2D eigenvalue weighted by molar-refractivity contribution is 7.09. The lowest BCUT2D eigenvalue weighted by Gasteiger charge is -2.21. The first-order valence-electron chi connectivity index (χ1n) is 9.91. The standard InChI is InChI=1S/C21H26N6O2S/c1-4-25(5-2)20(28)14-27-12-18(23-24-27)21(29)26(11-17-9-7-6-8-10-17)13-19-16(3)22-15-30-19/h6-10,12,15H,4-5,11,13-14H2,1-3H3. The molecular weight excluding hydrogens is 400 g/mol. The van der Waals surface area contributed by atoms with Crippen LogP contribution >= 0.6 is 11.3 Å². The van der Waals surface area contributed by atoms with Crippen LogP contribution in [0, 0.1) is 6.92 Å². The lowest BCUT2D eigenvalue weighted by Crippen LogP contribution is -2.33. The molecule has 1 aromatic carbocycles. The maximum absolute atomic E-state index is 13.2. The van der Waals surface area contributed by atoms with Gasteiger partial charge in [-0.25, -0.2) is 9.67 Å². The van der Waals surface area contributed by atoms with Crippen molar-refractivity contribution in [3.63, 3.8) is 0 Å². The normalized spacial score (nSPS) is 10.8. The average molecular weight is 427 g/mol. The summed E-state index contributed by atoms with van der Waals surface area (Å²) < 4.78 is 1.42. The van der Waals surface area contributed by atoms with Crippen molar-refractivity contribution < 1.29 is 9.59 Å². The number of likely N-dealkylation sites (N-methyl/N-ethyl adjacent to an activating group) is 1. The Morgan fingerprint density at radius 2 is 1.80 bits per heavy atom. The van der Waals surface area contributed by atoms with Crippen LogP contribution in [0.15, 0.2) is 42.0 Å². The summed E-state index contributed by atoms with van der Waals surface area (Å²) in [5.41, 5.74) is 3.95. The number of carbonyl (C=O) groups excluding carboxylic acids is 2. The minimum absolute atomic E-state index is 0.0506.